The van der Waals surface area contributed by atoms with Gasteiger partial charge in [-0.2, -0.15) is 0 Å². The van der Waals surface area contributed by atoms with Gasteiger partial charge in [0.1, 0.15) is 17.0 Å². The van der Waals surface area contributed by atoms with Crippen LogP contribution >= 0.6 is 11.6 Å². The molecule has 0 radical (unpaired) electrons. The number of piperazine rings is 1. The number of halogens is 1. The number of nitrogens with one attached hydrogen (secondary N) is 1. The van der Waals surface area contributed by atoms with Crippen LogP contribution in [-0.4, -0.2) is 50.0 Å². The van der Waals surface area contributed by atoms with E-state index in [9.17, 15) is 9.59 Å². The lowest BCUT2D eigenvalue weighted by Gasteiger charge is -2.35. The number of furan rings is 1. The number of benzene rings is 3. The second-order valence-electron chi connectivity index (χ2n) is 8.21. The second kappa shape index (κ2) is 9.72. The number of hydrogen-bond donors (Lipinski definition) is 1. The van der Waals surface area contributed by atoms with Crippen molar-refractivity contribution in [3.63, 3.8) is 0 Å². The molecule has 1 saturated heterocycles. The quantitative estimate of drug-likeness (QED) is 0.411. The van der Waals surface area contributed by atoms with Gasteiger partial charge in [0.05, 0.1) is 17.7 Å². The molecule has 1 aromatic heterocycles. The van der Waals surface area contributed by atoms with Crippen molar-refractivity contribution < 1.29 is 18.7 Å². The Morgan fingerprint density at radius 3 is 2.31 bits per heavy atom. The summed E-state index contributed by atoms with van der Waals surface area (Å²) >= 11 is 6.21. The third-order valence-corrected chi connectivity index (χ3v) is 6.48. The van der Waals surface area contributed by atoms with Crippen molar-refractivity contribution in [2.45, 2.75) is 0 Å². The van der Waals surface area contributed by atoms with Crippen LogP contribution in [0.25, 0.3) is 11.0 Å². The summed E-state index contributed by atoms with van der Waals surface area (Å²) in [4.78, 5) is 30.5. The molecule has 1 aliphatic rings. The molecule has 0 bridgehead atoms. The molecule has 35 heavy (non-hydrogen) atoms. The summed E-state index contributed by atoms with van der Waals surface area (Å²) in [6.07, 6.45) is 0. The summed E-state index contributed by atoms with van der Waals surface area (Å²) in [5.41, 5.74) is 2.29. The van der Waals surface area contributed by atoms with Crippen LogP contribution in [0.3, 0.4) is 0 Å². The fraction of sp³-hybridized carbons (Fsp3) is 0.185. The van der Waals surface area contributed by atoms with E-state index in [0.717, 1.165) is 11.4 Å². The Balaban J connectivity index is 1.37. The molecule has 1 aliphatic heterocycles. The molecule has 0 saturated carbocycles. The van der Waals surface area contributed by atoms with Gasteiger partial charge in [0.15, 0.2) is 0 Å². The zero-order chi connectivity index (χ0) is 24.4. The van der Waals surface area contributed by atoms with Crippen molar-refractivity contribution in [1.82, 2.24) is 4.90 Å². The molecule has 0 spiro atoms. The van der Waals surface area contributed by atoms with Crippen molar-refractivity contribution in [3.8, 4) is 5.75 Å². The average Bonchev–Trinajstić information content (AvgIpc) is 3.27. The van der Waals surface area contributed by atoms with Crippen LogP contribution in [0.4, 0.5) is 11.4 Å². The number of carbonyl (C=O) groups is 2. The van der Waals surface area contributed by atoms with Gasteiger partial charge in [0, 0.05) is 37.3 Å². The number of para-hydroxylation sites is 1. The Bertz CT molecular complexity index is 1370. The third-order valence-electron chi connectivity index (χ3n) is 6.15. The Morgan fingerprint density at radius 2 is 1.60 bits per heavy atom. The maximum absolute atomic E-state index is 13.5. The van der Waals surface area contributed by atoms with E-state index in [1.165, 1.54) is 0 Å². The lowest BCUT2D eigenvalue weighted by molar-refractivity contribution is 0.0718. The van der Waals surface area contributed by atoms with Gasteiger partial charge >= 0.3 is 0 Å². The molecule has 2 amide bonds. The summed E-state index contributed by atoms with van der Waals surface area (Å²) in [6.45, 7) is 2.42. The summed E-state index contributed by atoms with van der Waals surface area (Å²) in [5.74, 6) is 0.258. The Kier molecular flexibility index (Phi) is 6.33. The van der Waals surface area contributed by atoms with Gasteiger partial charge in [-0.1, -0.05) is 35.9 Å². The molecule has 0 atom stereocenters. The first-order valence-electron chi connectivity index (χ1n) is 11.3. The predicted molar refractivity (Wildman–Crippen MR) is 137 cm³/mol. The molecule has 0 unspecified atom stereocenters. The number of hydrogen-bond acceptors (Lipinski definition) is 5. The van der Waals surface area contributed by atoms with E-state index >= 15 is 0 Å². The van der Waals surface area contributed by atoms with Crippen LogP contribution in [-0.2, 0) is 0 Å². The Labute approximate surface area is 207 Å². The van der Waals surface area contributed by atoms with Crippen molar-refractivity contribution in [3.05, 3.63) is 89.1 Å². The Hall–Kier alpha value is -3.97. The van der Waals surface area contributed by atoms with Crippen LogP contribution in [0, 0.1) is 0 Å². The highest BCUT2D eigenvalue weighted by molar-refractivity contribution is 6.34. The molecule has 8 heteroatoms. The molecule has 5 rings (SSSR count). The number of ether oxygens (including phenoxy) is 1. The highest BCUT2D eigenvalue weighted by Gasteiger charge is 2.29. The second-order valence-corrected chi connectivity index (χ2v) is 8.62. The standard InChI is InChI=1S/C27H24ClN3O4/c1-34-19-12-10-18(11-13-19)30-14-16-31(17-15-30)27(33)25-24(21-7-3-5-9-23(21)35-25)29-26(32)20-6-2-4-8-22(20)28/h2-13H,14-17H2,1H3,(H,29,32). The number of fused-ring (bicyclic) bond motifs is 1. The number of carbonyl (C=O) groups excluding carboxylic acids is 2. The van der Waals surface area contributed by atoms with Gasteiger partial charge in [0.25, 0.3) is 11.8 Å². The predicted octanol–water partition coefficient (Wildman–Crippen LogP) is 5.31. The molecular formula is C27H24ClN3O4. The number of rotatable bonds is 5. The van der Waals surface area contributed by atoms with Crippen LogP contribution in [0.15, 0.2) is 77.2 Å². The van der Waals surface area contributed by atoms with Crippen LogP contribution < -0.4 is 15.0 Å². The first-order valence-corrected chi connectivity index (χ1v) is 11.7. The van der Waals surface area contributed by atoms with Crippen molar-refractivity contribution in [2.24, 2.45) is 0 Å². The largest absolute Gasteiger partial charge is 0.497 e. The maximum Gasteiger partial charge on any atom is 0.291 e. The summed E-state index contributed by atoms with van der Waals surface area (Å²) in [6, 6.07) is 21.9. The lowest BCUT2D eigenvalue weighted by atomic mass is 10.1. The third kappa shape index (κ3) is 4.55. The van der Waals surface area contributed by atoms with Gasteiger partial charge in [-0.05, 0) is 48.5 Å². The van der Waals surface area contributed by atoms with Gasteiger partial charge in [-0.25, -0.2) is 0 Å². The number of anilines is 2. The molecule has 1 fully saturated rings. The van der Waals surface area contributed by atoms with Gasteiger partial charge in [0.2, 0.25) is 5.76 Å². The van der Waals surface area contributed by atoms with Gasteiger partial charge in [-0.15, -0.1) is 0 Å². The minimum atomic E-state index is -0.402. The van der Waals surface area contributed by atoms with Crippen molar-refractivity contribution in [1.29, 1.82) is 0 Å². The fourth-order valence-electron chi connectivity index (χ4n) is 4.25. The van der Waals surface area contributed by atoms with Gasteiger partial charge < -0.3 is 24.3 Å². The molecule has 178 valence electrons. The molecule has 4 aromatic rings. The highest BCUT2D eigenvalue weighted by atomic mass is 35.5. The van der Waals surface area contributed by atoms with E-state index in [-0.39, 0.29) is 11.7 Å². The molecule has 1 N–H and O–H groups in total. The molecule has 3 aromatic carbocycles. The Morgan fingerprint density at radius 1 is 0.914 bits per heavy atom. The zero-order valence-corrected chi connectivity index (χ0v) is 19.9. The fourth-order valence-corrected chi connectivity index (χ4v) is 4.47. The maximum atomic E-state index is 13.5. The molecule has 7 nitrogen and oxygen atoms in total. The average molecular weight is 490 g/mol. The van der Waals surface area contributed by atoms with E-state index in [0.29, 0.717) is 53.4 Å². The molecule has 2 heterocycles. The zero-order valence-electron chi connectivity index (χ0n) is 19.2. The van der Waals surface area contributed by atoms with Crippen LogP contribution in [0.1, 0.15) is 20.9 Å². The topological polar surface area (TPSA) is 75.0 Å². The van der Waals surface area contributed by atoms with E-state index in [2.05, 4.69) is 10.2 Å². The lowest BCUT2D eigenvalue weighted by Crippen LogP contribution is -2.48. The van der Waals surface area contributed by atoms with E-state index < -0.39 is 5.91 Å². The first-order chi connectivity index (χ1) is 17.0. The highest BCUT2D eigenvalue weighted by Crippen LogP contribution is 2.33. The monoisotopic (exact) mass is 489 g/mol. The SMILES string of the molecule is COc1ccc(N2CCN(C(=O)c3oc4ccccc4c3NC(=O)c3ccccc3Cl)CC2)cc1. The molecular weight excluding hydrogens is 466 g/mol. The van der Waals surface area contributed by atoms with Crippen molar-refractivity contribution >= 4 is 45.8 Å². The van der Waals surface area contributed by atoms with Crippen LogP contribution in [0.2, 0.25) is 5.02 Å². The normalized spacial score (nSPS) is 13.7. The van der Waals surface area contributed by atoms with E-state index in [4.69, 9.17) is 20.8 Å². The van der Waals surface area contributed by atoms with Crippen LogP contribution in [0.5, 0.6) is 5.75 Å². The number of amides is 2. The van der Waals surface area contributed by atoms with Crippen molar-refractivity contribution in [2.75, 3.05) is 43.5 Å². The van der Waals surface area contributed by atoms with Gasteiger partial charge in [-0.3, -0.25) is 9.59 Å². The summed E-state index contributed by atoms with van der Waals surface area (Å²) < 4.78 is 11.2. The minimum Gasteiger partial charge on any atom is -0.497 e. The number of methoxy groups -OCH3 is 1. The molecule has 0 aliphatic carbocycles. The minimum absolute atomic E-state index is 0.115. The first kappa shape index (κ1) is 22.8. The van der Waals surface area contributed by atoms with E-state index in [1.807, 2.05) is 42.5 Å². The number of nitrogens with zero attached hydrogens (tertiary/aromatic N) is 2. The smallest absolute Gasteiger partial charge is 0.291 e. The summed E-state index contributed by atoms with van der Waals surface area (Å²) in [7, 11) is 1.64. The summed E-state index contributed by atoms with van der Waals surface area (Å²) in [5, 5.41) is 3.86. The van der Waals surface area contributed by atoms with E-state index in [1.54, 1.807) is 42.3 Å².